The number of nitrogens with zero attached hydrogens (tertiary/aromatic N) is 4. The number of hydrogen-bond acceptors (Lipinski definition) is 7. The number of rotatable bonds is 6. The van der Waals surface area contributed by atoms with E-state index in [1.165, 1.54) is 18.9 Å². The molecule has 0 spiro atoms. The second-order valence-electron chi connectivity index (χ2n) is 5.95. The standard InChI is InChI=1S/C18H13F2N7O2S/c1-2-30(28,29)27-12-6-5-11(19)15(13(12)20)26-17-10(4-3-7-21-17)14-16-18(24-8-22-14)25-9-23-16/h2-9,27H,1H2,(H,21,26)(H,22,23,24,25). The zero-order valence-electron chi connectivity index (χ0n) is 15.1. The second-order valence-corrected chi connectivity index (χ2v) is 7.57. The number of fused-ring (bicyclic) bond motifs is 1. The number of anilines is 3. The molecular formula is C18H13F2N7O2S. The van der Waals surface area contributed by atoms with Crippen LogP contribution in [0.3, 0.4) is 0 Å². The Hall–Kier alpha value is -3.93. The van der Waals surface area contributed by atoms with Crippen molar-refractivity contribution in [3.05, 3.63) is 66.7 Å². The van der Waals surface area contributed by atoms with Crippen molar-refractivity contribution in [2.24, 2.45) is 0 Å². The molecule has 3 N–H and O–H groups in total. The van der Waals surface area contributed by atoms with Crippen molar-refractivity contribution in [1.82, 2.24) is 24.9 Å². The minimum Gasteiger partial charge on any atom is -0.341 e. The van der Waals surface area contributed by atoms with E-state index in [0.717, 1.165) is 12.1 Å². The number of aromatic nitrogens is 5. The SMILES string of the molecule is C=CS(=O)(=O)Nc1ccc(F)c(Nc2ncccc2-c2ncnc3nc[nH]c23)c1F. The zero-order chi connectivity index (χ0) is 21.3. The molecule has 4 rings (SSSR count). The minimum atomic E-state index is -3.99. The van der Waals surface area contributed by atoms with Crippen LogP contribution in [0.1, 0.15) is 0 Å². The van der Waals surface area contributed by atoms with Gasteiger partial charge in [-0.25, -0.2) is 37.1 Å². The normalized spacial score (nSPS) is 11.4. The molecule has 0 atom stereocenters. The molecule has 152 valence electrons. The topological polar surface area (TPSA) is 126 Å². The van der Waals surface area contributed by atoms with Gasteiger partial charge in [0.1, 0.15) is 34.9 Å². The molecule has 0 saturated carbocycles. The first-order chi connectivity index (χ1) is 14.4. The number of nitrogens with one attached hydrogen (secondary N) is 3. The number of halogens is 2. The van der Waals surface area contributed by atoms with E-state index in [-0.39, 0.29) is 5.82 Å². The summed E-state index contributed by atoms with van der Waals surface area (Å²) in [7, 11) is -3.99. The van der Waals surface area contributed by atoms with E-state index in [9.17, 15) is 17.2 Å². The summed E-state index contributed by atoms with van der Waals surface area (Å²) in [6, 6.07) is 5.17. The van der Waals surface area contributed by atoms with Crippen LogP contribution in [0.5, 0.6) is 0 Å². The van der Waals surface area contributed by atoms with Gasteiger partial charge in [0.15, 0.2) is 11.5 Å². The largest absolute Gasteiger partial charge is 0.341 e. The van der Waals surface area contributed by atoms with E-state index in [0.29, 0.717) is 27.8 Å². The molecule has 1 aromatic carbocycles. The van der Waals surface area contributed by atoms with Gasteiger partial charge >= 0.3 is 0 Å². The third-order valence-corrected chi connectivity index (χ3v) is 5.04. The van der Waals surface area contributed by atoms with Crippen LogP contribution in [0.25, 0.3) is 22.4 Å². The van der Waals surface area contributed by atoms with Gasteiger partial charge in [-0.05, 0) is 24.3 Å². The van der Waals surface area contributed by atoms with Gasteiger partial charge in [0, 0.05) is 17.2 Å². The van der Waals surface area contributed by atoms with Crippen molar-refractivity contribution in [2.75, 3.05) is 10.0 Å². The molecule has 9 nitrogen and oxygen atoms in total. The van der Waals surface area contributed by atoms with Crippen molar-refractivity contribution < 1.29 is 17.2 Å². The highest BCUT2D eigenvalue weighted by atomic mass is 32.2. The van der Waals surface area contributed by atoms with Gasteiger partial charge in [0.25, 0.3) is 10.0 Å². The van der Waals surface area contributed by atoms with Gasteiger partial charge in [0.05, 0.1) is 12.0 Å². The van der Waals surface area contributed by atoms with Gasteiger partial charge in [-0.1, -0.05) is 6.58 Å². The van der Waals surface area contributed by atoms with Crippen LogP contribution in [0.4, 0.5) is 26.0 Å². The van der Waals surface area contributed by atoms with Crippen molar-refractivity contribution in [3.8, 4) is 11.3 Å². The average molecular weight is 429 g/mol. The van der Waals surface area contributed by atoms with Crippen LogP contribution >= 0.6 is 0 Å². The molecule has 3 heterocycles. The van der Waals surface area contributed by atoms with E-state index in [4.69, 9.17) is 0 Å². The van der Waals surface area contributed by atoms with Gasteiger partial charge in [0.2, 0.25) is 0 Å². The Bertz CT molecular complexity index is 1370. The Balaban J connectivity index is 1.80. The van der Waals surface area contributed by atoms with Crippen LogP contribution in [-0.2, 0) is 10.0 Å². The molecule has 30 heavy (non-hydrogen) atoms. The molecule has 0 radical (unpaired) electrons. The number of benzene rings is 1. The molecular weight excluding hydrogens is 416 g/mol. The molecule has 4 aromatic rings. The van der Waals surface area contributed by atoms with Gasteiger partial charge in [-0.3, -0.25) is 4.72 Å². The first-order valence-corrected chi connectivity index (χ1v) is 9.94. The summed E-state index contributed by atoms with van der Waals surface area (Å²) in [5, 5.41) is 3.21. The monoisotopic (exact) mass is 429 g/mol. The quantitative estimate of drug-likeness (QED) is 0.429. The van der Waals surface area contributed by atoms with E-state index < -0.39 is 33.0 Å². The molecule has 12 heteroatoms. The lowest BCUT2D eigenvalue weighted by atomic mass is 10.1. The van der Waals surface area contributed by atoms with Crippen molar-refractivity contribution >= 4 is 38.4 Å². The highest BCUT2D eigenvalue weighted by Crippen LogP contribution is 2.33. The number of imidazole rings is 1. The fourth-order valence-corrected chi connectivity index (χ4v) is 3.27. The fourth-order valence-electron chi connectivity index (χ4n) is 2.72. The van der Waals surface area contributed by atoms with Crippen molar-refractivity contribution in [1.29, 1.82) is 0 Å². The smallest absolute Gasteiger partial charge is 0.254 e. The molecule has 0 unspecified atom stereocenters. The van der Waals surface area contributed by atoms with E-state index >= 15 is 0 Å². The third kappa shape index (κ3) is 3.55. The minimum absolute atomic E-state index is 0.0913. The van der Waals surface area contributed by atoms with E-state index in [1.54, 1.807) is 12.1 Å². The van der Waals surface area contributed by atoms with Crippen LogP contribution in [0.15, 0.2) is 55.1 Å². The van der Waals surface area contributed by atoms with Crippen molar-refractivity contribution in [2.45, 2.75) is 0 Å². The Morgan fingerprint density at radius 3 is 2.73 bits per heavy atom. The summed E-state index contributed by atoms with van der Waals surface area (Å²) in [4.78, 5) is 19.4. The molecule has 0 bridgehead atoms. The maximum absolute atomic E-state index is 14.9. The van der Waals surface area contributed by atoms with E-state index in [2.05, 4.69) is 36.8 Å². The molecule has 0 saturated heterocycles. The summed E-state index contributed by atoms with van der Waals surface area (Å²) in [5.41, 5.74) is 0.723. The summed E-state index contributed by atoms with van der Waals surface area (Å²) in [6.45, 7) is 3.14. The second kappa shape index (κ2) is 7.48. The number of sulfonamides is 1. The van der Waals surface area contributed by atoms with Gasteiger partial charge in [-0.15, -0.1) is 0 Å². The maximum atomic E-state index is 14.9. The first kappa shape index (κ1) is 19.4. The van der Waals surface area contributed by atoms with E-state index in [1.807, 2.05) is 4.72 Å². The molecule has 0 aliphatic heterocycles. The zero-order valence-corrected chi connectivity index (χ0v) is 15.9. The van der Waals surface area contributed by atoms with Crippen LogP contribution in [0.2, 0.25) is 0 Å². The van der Waals surface area contributed by atoms with Gasteiger partial charge < -0.3 is 10.3 Å². The molecule has 0 amide bonds. The predicted molar refractivity (Wildman–Crippen MR) is 107 cm³/mol. The Labute approximate surface area is 169 Å². The molecule has 0 fully saturated rings. The third-order valence-electron chi connectivity index (χ3n) is 4.09. The lowest BCUT2D eigenvalue weighted by molar-refractivity contribution is 0.590. The van der Waals surface area contributed by atoms with Crippen LogP contribution in [-0.4, -0.2) is 33.3 Å². The number of aromatic amines is 1. The Morgan fingerprint density at radius 1 is 1.10 bits per heavy atom. The predicted octanol–water partition coefficient (Wildman–Crippen LogP) is 3.32. The lowest BCUT2D eigenvalue weighted by Crippen LogP contribution is -2.11. The maximum Gasteiger partial charge on any atom is 0.254 e. The number of hydrogen-bond donors (Lipinski definition) is 3. The number of H-pyrrole nitrogens is 1. The Morgan fingerprint density at radius 2 is 1.93 bits per heavy atom. The molecule has 3 aromatic heterocycles. The summed E-state index contributed by atoms with van der Waals surface area (Å²) in [6.07, 6.45) is 4.18. The molecule has 0 aliphatic rings. The summed E-state index contributed by atoms with van der Waals surface area (Å²) in [5.74, 6) is -2.00. The van der Waals surface area contributed by atoms with Crippen molar-refractivity contribution in [3.63, 3.8) is 0 Å². The Kier molecular flexibility index (Phi) is 4.83. The average Bonchev–Trinajstić information content (AvgIpc) is 3.22. The van der Waals surface area contributed by atoms with Gasteiger partial charge in [-0.2, -0.15) is 0 Å². The fraction of sp³-hybridized carbons (Fsp3) is 0. The first-order valence-electron chi connectivity index (χ1n) is 8.39. The van der Waals surface area contributed by atoms with Crippen LogP contribution in [0, 0.1) is 11.6 Å². The molecule has 0 aliphatic carbocycles. The summed E-state index contributed by atoms with van der Waals surface area (Å²) >= 11 is 0. The van der Waals surface area contributed by atoms with Crippen LogP contribution < -0.4 is 10.0 Å². The highest BCUT2D eigenvalue weighted by Gasteiger charge is 2.20. The lowest BCUT2D eigenvalue weighted by Gasteiger charge is -2.14. The highest BCUT2D eigenvalue weighted by molar-refractivity contribution is 7.95. The number of pyridine rings is 1. The summed E-state index contributed by atoms with van der Waals surface area (Å²) < 4.78 is 54.6.